The van der Waals surface area contributed by atoms with Crippen LogP contribution in [0.3, 0.4) is 0 Å². The highest BCUT2D eigenvalue weighted by Gasteiger charge is 2.30. The predicted molar refractivity (Wildman–Crippen MR) is 91.1 cm³/mol. The first-order chi connectivity index (χ1) is 11.6. The molecule has 3 rings (SSSR count). The van der Waals surface area contributed by atoms with Crippen molar-refractivity contribution in [3.05, 3.63) is 64.4 Å². The minimum Gasteiger partial charge on any atom is -0.497 e. The normalized spacial score (nSPS) is 17.6. The van der Waals surface area contributed by atoms with Gasteiger partial charge in [-0.25, -0.2) is 4.39 Å². The third kappa shape index (κ3) is 3.37. The number of hydrogen-bond acceptors (Lipinski definition) is 3. The monoisotopic (exact) mass is 348 g/mol. The molecular weight excluding hydrogens is 331 g/mol. The first-order valence-corrected chi connectivity index (χ1v) is 8.08. The zero-order chi connectivity index (χ0) is 17.1. The molecule has 1 unspecified atom stereocenters. The summed E-state index contributed by atoms with van der Waals surface area (Å²) < 4.78 is 19.3. The number of methoxy groups -OCH3 is 1. The maximum atomic E-state index is 14.3. The molecule has 2 aromatic carbocycles. The first kappa shape index (κ1) is 16.7. The molecule has 0 radical (unpaired) electrons. The van der Waals surface area contributed by atoms with Crippen LogP contribution in [-0.4, -0.2) is 37.6 Å². The molecule has 24 heavy (non-hydrogen) atoms. The third-order valence-electron chi connectivity index (χ3n) is 4.14. The van der Waals surface area contributed by atoms with E-state index >= 15 is 0 Å². The van der Waals surface area contributed by atoms with Crippen LogP contribution in [0.4, 0.5) is 4.39 Å². The van der Waals surface area contributed by atoms with E-state index in [4.69, 9.17) is 16.3 Å². The lowest BCUT2D eigenvalue weighted by atomic mass is 10.0. The summed E-state index contributed by atoms with van der Waals surface area (Å²) in [5.74, 6) is -0.528. The zero-order valence-corrected chi connectivity index (χ0v) is 14.0. The van der Waals surface area contributed by atoms with Gasteiger partial charge in [0.05, 0.1) is 18.7 Å². The van der Waals surface area contributed by atoms with Crippen molar-refractivity contribution in [2.45, 2.75) is 6.04 Å². The predicted octanol–water partition coefficient (Wildman–Crippen LogP) is 3.27. The van der Waals surface area contributed by atoms with Gasteiger partial charge in [0.25, 0.3) is 5.91 Å². The number of carbonyl (C=O) groups excluding carboxylic acids is 1. The lowest BCUT2D eigenvalue weighted by Gasteiger charge is -2.36. The number of halogens is 2. The average Bonchev–Trinajstić information content (AvgIpc) is 2.61. The Bertz CT molecular complexity index is 754. The molecule has 0 aliphatic carbocycles. The summed E-state index contributed by atoms with van der Waals surface area (Å²) in [6.07, 6.45) is 0. The summed E-state index contributed by atoms with van der Waals surface area (Å²) in [5.41, 5.74) is 0.974. The molecule has 1 saturated heterocycles. The van der Waals surface area contributed by atoms with Crippen LogP contribution in [0.1, 0.15) is 22.0 Å². The van der Waals surface area contributed by atoms with E-state index in [0.717, 1.165) is 5.56 Å². The Morgan fingerprint density at radius 1 is 1.33 bits per heavy atom. The van der Waals surface area contributed by atoms with E-state index in [9.17, 15) is 9.18 Å². The number of rotatable bonds is 3. The molecule has 6 heteroatoms. The molecule has 1 atom stereocenters. The van der Waals surface area contributed by atoms with Crippen molar-refractivity contribution in [3.63, 3.8) is 0 Å². The molecule has 1 aliphatic rings. The second-order valence-electron chi connectivity index (χ2n) is 5.62. The van der Waals surface area contributed by atoms with Gasteiger partial charge in [-0.3, -0.25) is 4.79 Å². The second kappa shape index (κ2) is 7.20. The van der Waals surface area contributed by atoms with E-state index in [-0.39, 0.29) is 17.5 Å². The van der Waals surface area contributed by atoms with E-state index in [1.54, 1.807) is 17.0 Å². The molecule has 1 fully saturated rings. The Balaban J connectivity index is 1.91. The third-order valence-corrected chi connectivity index (χ3v) is 4.38. The fourth-order valence-corrected chi connectivity index (χ4v) is 3.11. The van der Waals surface area contributed by atoms with E-state index in [1.165, 1.54) is 19.2 Å². The van der Waals surface area contributed by atoms with E-state index < -0.39 is 5.82 Å². The Kier molecular flexibility index (Phi) is 5.02. The molecule has 0 bridgehead atoms. The van der Waals surface area contributed by atoms with Gasteiger partial charge >= 0.3 is 0 Å². The highest BCUT2D eigenvalue weighted by atomic mass is 35.5. The lowest BCUT2D eigenvalue weighted by Crippen LogP contribution is -2.48. The van der Waals surface area contributed by atoms with Crippen LogP contribution in [-0.2, 0) is 0 Å². The van der Waals surface area contributed by atoms with Crippen molar-refractivity contribution >= 4 is 17.5 Å². The topological polar surface area (TPSA) is 41.6 Å². The van der Waals surface area contributed by atoms with Gasteiger partial charge in [-0.15, -0.1) is 0 Å². The number of nitrogens with zero attached hydrogens (tertiary/aromatic N) is 1. The average molecular weight is 349 g/mol. The fourth-order valence-electron chi connectivity index (χ4n) is 2.91. The van der Waals surface area contributed by atoms with E-state index in [1.807, 2.05) is 18.2 Å². The Labute approximate surface area is 145 Å². The van der Waals surface area contributed by atoms with Crippen LogP contribution in [0.25, 0.3) is 0 Å². The number of hydrogen-bond donors (Lipinski definition) is 1. The number of nitrogens with one attached hydrogen (secondary N) is 1. The minimum atomic E-state index is -0.581. The van der Waals surface area contributed by atoms with Crippen LogP contribution in [0.15, 0.2) is 42.5 Å². The molecular formula is C18H18ClFN2O2. The lowest BCUT2D eigenvalue weighted by molar-refractivity contribution is 0.0629. The van der Waals surface area contributed by atoms with Gasteiger partial charge in [-0.2, -0.15) is 0 Å². The van der Waals surface area contributed by atoms with Crippen LogP contribution in [0, 0.1) is 5.82 Å². The number of ether oxygens (including phenoxy) is 1. The molecule has 2 aromatic rings. The van der Waals surface area contributed by atoms with Gasteiger partial charge in [-0.1, -0.05) is 23.7 Å². The summed E-state index contributed by atoms with van der Waals surface area (Å²) in [5, 5.41) is 3.88. The van der Waals surface area contributed by atoms with Crippen LogP contribution >= 0.6 is 11.6 Å². The van der Waals surface area contributed by atoms with Crippen molar-refractivity contribution < 1.29 is 13.9 Å². The van der Waals surface area contributed by atoms with Gasteiger partial charge in [0.2, 0.25) is 0 Å². The Morgan fingerprint density at radius 2 is 2.17 bits per heavy atom. The summed E-state index contributed by atoms with van der Waals surface area (Å²) in [4.78, 5) is 14.6. The zero-order valence-electron chi connectivity index (χ0n) is 13.3. The number of carbonyl (C=O) groups is 1. The molecule has 1 heterocycles. The van der Waals surface area contributed by atoms with Crippen molar-refractivity contribution in [3.8, 4) is 5.75 Å². The van der Waals surface area contributed by atoms with Crippen molar-refractivity contribution in [2.75, 3.05) is 26.7 Å². The van der Waals surface area contributed by atoms with Gasteiger partial charge in [-0.05, 0) is 29.8 Å². The smallest absolute Gasteiger partial charge is 0.257 e. The molecule has 0 aromatic heterocycles. The van der Waals surface area contributed by atoms with Crippen molar-refractivity contribution in [1.29, 1.82) is 0 Å². The molecule has 0 spiro atoms. The van der Waals surface area contributed by atoms with Gasteiger partial charge in [0.1, 0.15) is 11.6 Å². The second-order valence-corrected chi connectivity index (χ2v) is 6.06. The Morgan fingerprint density at radius 3 is 2.88 bits per heavy atom. The standard InChI is InChI=1S/C18H18ClFN2O2/c1-24-14-5-6-15(16(20)10-14)18(23)22-8-7-21-11-17(22)12-3-2-4-13(19)9-12/h2-6,9-10,17,21H,7-8,11H2,1H3. The van der Waals surface area contributed by atoms with E-state index in [2.05, 4.69) is 5.32 Å². The quantitative estimate of drug-likeness (QED) is 0.925. The molecule has 4 nitrogen and oxygen atoms in total. The van der Waals surface area contributed by atoms with Crippen LogP contribution in [0.5, 0.6) is 5.75 Å². The van der Waals surface area contributed by atoms with Crippen molar-refractivity contribution in [2.24, 2.45) is 0 Å². The fraction of sp³-hybridized carbons (Fsp3) is 0.278. The summed E-state index contributed by atoms with van der Waals surface area (Å²) in [6.45, 7) is 1.77. The largest absolute Gasteiger partial charge is 0.497 e. The minimum absolute atomic E-state index is 0.0460. The molecule has 1 N–H and O–H groups in total. The number of piperazine rings is 1. The molecule has 1 aliphatic heterocycles. The maximum Gasteiger partial charge on any atom is 0.257 e. The molecule has 0 saturated carbocycles. The van der Waals surface area contributed by atoms with E-state index in [0.29, 0.717) is 30.4 Å². The highest BCUT2D eigenvalue weighted by Crippen LogP contribution is 2.27. The summed E-state index contributed by atoms with van der Waals surface area (Å²) >= 11 is 6.07. The number of amides is 1. The van der Waals surface area contributed by atoms with Gasteiger partial charge in [0, 0.05) is 30.7 Å². The van der Waals surface area contributed by atoms with Gasteiger partial charge < -0.3 is 15.0 Å². The van der Waals surface area contributed by atoms with Crippen molar-refractivity contribution in [1.82, 2.24) is 10.2 Å². The summed E-state index contributed by atoms with van der Waals surface area (Å²) in [6, 6.07) is 11.5. The highest BCUT2D eigenvalue weighted by molar-refractivity contribution is 6.30. The SMILES string of the molecule is COc1ccc(C(=O)N2CCNCC2c2cccc(Cl)c2)c(F)c1. The van der Waals surface area contributed by atoms with Gasteiger partial charge in [0.15, 0.2) is 0 Å². The van der Waals surface area contributed by atoms with Crippen LogP contribution in [0.2, 0.25) is 5.02 Å². The summed E-state index contributed by atoms with van der Waals surface area (Å²) in [7, 11) is 1.46. The van der Waals surface area contributed by atoms with Crippen LogP contribution < -0.4 is 10.1 Å². The maximum absolute atomic E-state index is 14.3. The molecule has 126 valence electrons. The Hall–Kier alpha value is -2.11. The first-order valence-electron chi connectivity index (χ1n) is 7.71. The molecule has 1 amide bonds. The number of benzene rings is 2.